The predicted molar refractivity (Wildman–Crippen MR) is 254 cm³/mol. The zero-order chi connectivity index (χ0) is 44.2. The monoisotopic (exact) mass is 870 g/mol. The first-order valence-corrected chi connectivity index (χ1v) is 23.0. The summed E-state index contributed by atoms with van der Waals surface area (Å²) in [5, 5.41) is 46.8. The van der Waals surface area contributed by atoms with E-state index in [9.17, 15) is 30.0 Å². The lowest BCUT2D eigenvalue weighted by molar-refractivity contribution is -0.532. The van der Waals surface area contributed by atoms with Crippen LogP contribution in [0.15, 0.2) is 110 Å². The Kier molecular flexibility index (Phi) is 19.7. The largest absolute Gasteiger partial charge is 0.872 e. The van der Waals surface area contributed by atoms with E-state index in [-0.39, 0.29) is 34.2 Å². The average molecular weight is 871 g/mol. The number of benzene rings is 4. The van der Waals surface area contributed by atoms with Gasteiger partial charge in [0.2, 0.25) is 0 Å². The third kappa shape index (κ3) is 14.4. The zero-order valence-electron chi connectivity index (χ0n) is 37.2. The van der Waals surface area contributed by atoms with Gasteiger partial charge in [-0.25, -0.2) is 18.7 Å². The Bertz CT molecular complexity index is 2170. The molecule has 340 valence electrons. The molecule has 0 unspecified atom stereocenters. The van der Waals surface area contributed by atoms with Crippen molar-refractivity contribution in [2.24, 2.45) is 0 Å². The fourth-order valence-electron chi connectivity index (χ4n) is 8.74. The van der Waals surface area contributed by atoms with Gasteiger partial charge in [-0.05, 0) is 127 Å². The number of hydrogen-bond donors (Lipinski definition) is 2. The van der Waals surface area contributed by atoms with Crippen molar-refractivity contribution in [2.75, 3.05) is 52.4 Å². The summed E-state index contributed by atoms with van der Waals surface area (Å²) >= 11 is 0. The Morgan fingerprint density at radius 3 is 1.25 bits per heavy atom. The van der Waals surface area contributed by atoms with Crippen LogP contribution in [0.1, 0.15) is 109 Å². The third-order valence-corrected chi connectivity index (χ3v) is 12.2. The number of rotatable bonds is 10. The second-order valence-electron chi connectivity index (χ2n) is 16.8. The van der Waals surface area contributed by atoms with Crippen molar-refractivity contribution >= 4 is 45.9 Å². The molecule has 4 aromatic carbocycles. The molecule has 0 bridgehead atoms. The molecule has 11 heteroatoms. The molecule has 0 amide bonds. The number of piperidine rings is 4. The Hall–Kier alpha value is -6.20. The van der Waals surface area contributed by atoms with Crippen LogP contribution in [0.2, 0.25) is 0 Å². The third-order valence-electron chi connectivity index (χ3n) is 12.2. The predicted octanol–water partition coefficient (Wildman–Crippen LogP) is 7.92. The molecular formula is C53H66N4O7. The molecule has 4 saturated heterocycles. The molecule has 4 aliphatic heterocycles. The van der Waals surface area contributed by atoms with Crippen LogP contribution in [0.4, 0.5) is 0 Å². The molecule has 11 nitrogen and oxygen atoms in total. The minimum absolute atomic E-state index is 0. The van der Waals surface area contributed by atoms with Crippen LogP contribution in [0.3, 0.4) is 0 Å². The van der Waals surface area contributed by atoms with Gasteiger partial charge in [-0.15, -0.1) is 0 Å². The van der Waals surface area contributed by atoms with Crippen molar-refractivity contribution in [1.29, 1.82) is 0 Å². The molecule has 4 fully saturated rings. The summed E-state index contributed by atoms with van der Waals surface area (Å²) < 4.78 is 4.85. The van der Waals surface area contributed by atoms with Crippen LogP contribution in [0, 0.1) is 0 Å². The molecule has 0 atom stereocenters. The van der Waals surface area contributed by atoms with Gasteiger partial charge in [0.1, 0.15) is 26.2 Å². The molecule has 0 aromatic heterocycles. The fourth-order valence-corrected chi connectivity index (χ4v) is 8.74. The summed E-state index contributed by atoms with van der Waals surface area (Å²) in [4.78, 5) is 28.0. The lowest BCUT2D eigenvalue weighted by Crippen LogP contribution is -2.23. The first-order chi connectivity index (χ1) is 30.8. The van der Waals surface area contributed by atoms with Crippen LogP contribution in [-0.4, -0.2) is 111 Å². The average Bonchev–Trinajstić information content (AvgIpc) is 3.32. The van der Waals surface area contributed by atoms with Crippen molar-refractivity contribution < 1.29 is 44.6 Å². The van der Waals surface area contributed by atoms with Crippen molar-refractivity contribution in [3.8, 4) is 11.5 Å². The Balaban J connectivity index is 0.000000190. The summed E-state index contributed by atoms with van der Waals surface area (Å²) in [5.41, 5.74) is -0.453. The molecule has 4 aromatic rings. The number of carboxylic acid groups (broad SMARTS) is 2. The van der Waals surface area contributed by atoms with E-state index in [2.05, 4.69) is 80.2 Å². The van der Waals surface area contributed by atoms with Crippen molar-refractivity contribution in [1.82, 2.24) is 9.80 Å². The number of carbonyl (C=O) groups is 2. The van der Waals surface area contributed by atoms with Gasteiger partial charge in [-0.1, -0.05) is 72.2 Å². The lowest BCUT2D eigenvalue weighted by Gasteiger charge is -2.24. The molecule has 0 spiro atoms. The fraction of sp³-hybridized carbons (Fsp3) is 0.396. The van der Waals surface area contributed by atoms with E-state index in [1.807, 2.05) is 0 Å². The Morgan fingerprint density at radius 2 is 0.875 bits per heavy atom. The molecule has 4 N–H and O–H groups in total. The smallest absolute Gasteiger partial charge is 0.335 e. The highest BCUT2D eigenvalue weighted by molar-refractivity contribution is 6.02. The molecular weight excluding hydrogens is 805 g/mol. The van der Waals surface area contributed by atoms with Gasteiger partial charge in [0, 0.05) is 64.0 Å². The number of nitrogens with zero attached hydrogens (tertiary/aromatic N) is 4. The van der Waals surface area contributed by atoms with Crippen LogP contribution in [0.25, 0.3) is 21.5 Å². The number of hydrogen-bond acceptors (Lipinski definition) is 6. The summed E-state index contributed by atoms with van der Waals surface area (Å²) in [6.45, 7) is 9.89. The maximum atomic E-state index is 12.9. The van der Waals surface area contributed by atoms with Gasteiger partial charge in [-0.3, -0.25) is 0 Å². The van der Waals surface area contributed by atoms with Crippen LogP contribution in [0.5, 0.6) is 11.5 Å². The van der Waals surface area contributed by atoms with E-state index in [1.54, 1.807) is 48.5 Å². The molecule has 4 aliphatic rings. The van der Waals surface area contributed by atoms with Crippen molar-refractivity contribution in [2.45, 2.75) is 83.5 Å². The van der Waals surface area contributed by atoms with Crippen molar-refractivity contribution in [3.63, 3.8) is 0 Å². The van der Waals surface area contributed by atoms with Crippen LogP contribution in [-0.2, 0) is 6.42 Å². The lowest BCUT2D eigenvalue weighted by atomic mass is 9.90. The summed E-state index contributed by atoms with van der Waals surface area (Å²) in [6.07, 6.45) is 38.2. The second kappa shape index (κ2) is 25.8. The summed E-state index contributed by atoms with van der Waals surface area (Å²) in [7, 11) is 0. The van der Waals surface area contributed by atoms with E-state index in [0.29, 0.717) is 21.5 Å². The highest BCUT2D eigenvalue weighted by Gasteiger charge is 2.17. The number of fused-ring (bicyclic) bond motifs is 2. The maximum Gasteiger partial charge on any atom is 0.335 e. The summed E-state index contributed by atoms with van der Waals surface area (Å²) in [5.74, 6) is -4.07. The number of likely N-dealkylation sites (tertiary alicyclic amines) is 2. The molecule has 64 heavy (non-hydrogen) atoms. The van der Waals surface area contributed by atoms with Gasteiger partial charge in [0.15, 0.2) is 12.4 Å². The normalized spacial score (nSPS) is 17.0. The number of allylic oxidation sites excluding steroid dienone is 6. The summed E-state index contributed by atoms with van der Waals surface area (Å²) in [6, 6.07) is 16.3. The van der Waals surface area contributed by atoms with Crippen molar-refractivity contribution in [3.05, 3.63) is 132 Å². The SMILES string of the molecule is C(=CC=[N+]1CCCCC1)C=CN1CCCCC1.C(=CC=[N+]1CCCCC1)C=CN1CCCCC1.O.O=C(O)c1cc2ccccc2c(Cc2c([O-])c(C(=O)O)cc3ccccc23)c1[O-]. The molecule has 4 heterocycles. The van der Waals surface area contributed by atoms with E-state index < -0.39 is 23.4 Å². The van der Waals surface area contributed by atoms with E-state index in [0.717, 1.165) is 0 Å². The highest BCUT2D eigenvalue weighted by Crippen LogP contribution is 2.37. The van der Waals surface area contributed by atoms with Crippen LogP contribution < -0.4 is 10.2 Å². The quantitative estimate of drug-likeness (QED) is 0.120. The first kappa shape index (κ1) is 48.8. The van der Waals surface area contributed by atoms with Crippen LogP contribution >= 0.6 is 0 Å². The topological polar surface area (TPSA) is 165 Å². The van der Waals surface area contributed by atoms with Gasteiger partial charge < -0.3 is 35.7 Å². The van der Waals surface area contributed by atoms with E-state index >= 15 is 0 Å². The number of carboxylic acids is 2. The van der Waals surface area contributed by atoms with Gasteiger partial charge in [0.05, 0.1) is 11.1 Å². The van der Waals surface area contributed by atoms with E-state index in [4.69, 9.17) is 0 Å². The number of aromatic carboxylic acids is 2. The first-order valence-electron chi connectivity index (χ1n) is 23.0. The zero-order valence-corrected chi connectivity index (χ0v) is 37.2. The standard InChI is InChI=1S/C23H16O6.2C15H25N2.H2O/c24-20-16(14-7-3-1-5-12(14)9-18(20)22(26)27)11-17-15-8-4-2-6-13(15)10-19(21(17)25)23(28)29;2*1-4-10-16(11-5-1)14-8-3-9-15-17-12-6-2-7-13-17;/h1-10,24-25H,11H2,(H,26,27)(H,28,29);2*3,8-9,14-15H,1-2,4-7,10-13H2;1H2/q;2*+1;/p-2. The molecule has 0 saturated carbocycles. The van der Waals surface area contributed by atoms with Gasteiger partial charge in [-0.2, -0.15) is 0 Å². The molecule has 0 aliphatic carbocycles. The maximum absolute atomic E-state index is 12.9. The Labute approximate surface area is 378 Å². The minimum atomic E-state index is -1.35. The second-order valence-corrected chi connectivity index (χ2v) is 16.8. The van der Waals surface area contributed by atoms with Gasteiger partial charge >= 0.3 is 11.9 Å². The minimum Gasteiger partial charge on any atom is -0.872 e. The Morgan fingerprint density at radius 1 is 0.516 bits per heavy atom. The highest BCUT2D eigenvalue weighted by atomic mass is 16.4. The molecule has 0 radical (unpaired) electrons. The van der Waals surface area contributed by atoms with Gasteiger partial charge in [0.25, 0.3) is 0 Å². The van der Waals surface area contributed by atoms with E-state index in [1.165, 1.54) is 142 Å². The molecule has 8 rings (SSSR count).